The molecular weight excluding hydrogens is 442 g/mol. The summed E-state index contributed by atoms with van der Waals surface area (Å²) in [6.45, 7) is 6.26. The third kappa shape index (κ3) is 5.34. The highest BCUT2D eigenvalue weighted by Crippen LogP contribution is 2.44. The van der Waals surface area contributed by atoms with Crippen molar-refractivity contribution in [1.82, 2.24) is 5.32 Å². The molecule has 0 radical (unpaired) electrons. The van der Waals surface area contributed by atoms with Gasteiger partial charge in [-0.1, -0.05) is 75.4 Å². The SMILES string of the molecule is CC(C)(C)c1cc(C(O)C(O)CCNC(=O)OCC2c3ccccc3-c3ccccc32)ccc1O. The van der Waals surface area contributed by atoms with Gasteiger partial charge in [-0.25, -0.2) is 4.79 Å². The molecule has 4 N–H and O–H groups in total. The van der Waals surface area contributed by atoms with Crippen LogP contribution in [0.5, 0.6) is 5.75 Å². The second-order valence-electron chi connectivity index (χ2n) is 10.1. The Morgan fingerprint density at radius 1 is 0.971 bits per heavy atom. The number of alkyl carbamates (subject to hydrolysis) is 1. The summed E-state index contributed by atoms with van der Waals surface area (Å²) in [6.07, 6.45) is -2.63. The Bertz CT molecular complexity index is 1150. The molecule has 3 aromatic carbocycles. The van der Waals surface area contributed by atoms with Gasteiger partial charge in [-0.2, -0.15) is 0 Å². The molecule has 1 aliphatic rings. The number of ether oxygens (including phenoxy) is 1. The fourth-order valence-electron chi connectivity index (χ4n) is 4.69. The molecule has 2 unspecified atom stereocenters. The van der Waals surface area contributed by atoms with Crippen LogP contribution in [-0.4, -0.2) is 40.7 Å². The number of aliphatic hydroxyl groups is 2. The van der Waals surface area contributed by atoms with Gasteiger partial charge < -0.3 is 25.4 Å². The fourth-order valence-corrected chi connectivity index (χ4v) is 4.69. The van der Waals surface area contributed by atoms with Crippen LogP contribution in [0, 0.1) is 0 Å². The van der Waals surface area contributed by atoms with E-state index in [9.17, 15) is 20.1 Å². The van der Waals surface area contributed by atoms with Crippen LogP contribution in [0.4, 0.5) is 4.79 Å². The molecule has 1 amide bonds. The molecular formula is C29H33NO5. The number of hydrogen-bond donors (Lipinski definition) is 4. The highest BCUT2D eigenvalue weighted by molar-refractivity contribution is 5.79. The maximum atomic E-state index is 12.3. The molecule has 0 saturated carbocycles. The van der Waals surface area contributed by atoms with Crippen molar-refractivity contribution in [3.63, 3.8) is 0 Å². The van der Waals surface area contributed by atoms with E-state index >= 15 is 0 Å². The Hall–Kier alpha value is -3.35. The third-order valence-electron chi connectivity index (χ3n) is 6.59. The first-order valence-electron chi connectivity index (χ1n) is 11.9. The van der Waals surface area contributed by atoms with Gasteiger partial charge in [0.25, 0.3) is 0 Å². The Labute approximate surface area is 206 Å². The summed E-state index contributed by atoms with van der Waals surface area (Å²) in [7, 11) is 0. The van der Waals surface area contributed by atoms with Crippen LogP contribution in [0.2, 0.25) is 0 Å². The number of aliphatic hydroxyl groups excluding tert-OH is 2. The fraction of sp³-hybridized carbons (Fsp3) is 0.345. The Kier molecular flexibility index (Phi) is 7.15. The molecule has 6 nitrogen and oxygen atoms in total. The number of phenolic OH excluding ortho intramolecular Hbond substituents is 1. The number of amides is 1. The van der Waals surface area contributed by atoms with E-state index in [0.717, 1.165) is 22.3 Å². The lowest BCUT2D eigenvalue weighted by atomic mass is 9.84. The first-order valence-corrected chi connectivity index (χ1v) is 11.9. The van der Waals surface area contributed by atoms with Gasteiger partial charge >= 0.3 is 6.09 Å². The normalized spacial score (nSPS) is 14.7. The number of carbonyl (C=O) groups is 1. The predicted molar refractivity (Wildman–Crippen MR) is 135 cm³/mol. The number of aromatic hydroxyl groups is 1. The Balaban J connectivity index is 1.29. The highest BCUT2D eigenvalue weighted by atomic mass is 16.5. The van der Waals surface area contributed by atoms with Crippen molar-refractivity contribution in [2.75, 3.05) is 13.2 Å². The van der Waals surface area contributed by atoms with Crippen molar-refractivity contribution >= 4 is 6.09 Å². The summed E-state index contributed by atoms with van der Waals surface area (Å²) in [6, 6.07) is 21.1. The maximum absolute atomic E-state index is 12.3. The number of rotatable bonds is 7. The molecule has 1 aliphatic carbocycles. The quantitative estimate of drug-likeness (QED) is 0.385. The molecule has 0 bridgehead atoms. The maximum Gasteiger partial charge on any atom is 0.407 e. The van der Waals surface area contributed by atoms with E-state index in [1.807, 2.05) is 45.0 Å². The monoisotopic (exact) mass is 475 g/mol. The molecule has 0 fully saturated rings. The largest absolute Gasteiger partial charge is 0.508 e. The molecule has 2 atom stereocenters. The third-order valence-corrected chi connectivity index (χ3v) is 6.59. The van der Waals surface area contributed by atoms with E-state index in [0.29, 0.717) is 11.1 Å². The lowest BCUT2D eigenvalue weighted by molar-refractivity contribution is 0.0135. The van der Waals surface area contributed by atoms with E-state index < -0.39 is 18.3 Å². The minimum Gasteiger partial charge on any atom is -0.508 e. The minimum absolute atomic E-state index is 0.0212. The van der Waals surface area contributed by atoms with E-state index in [1.165, 1.54) is 6.07 Å². The van der Waals surface area contributed by atoms with Gasteiger partial charge in [-0.05, 0) is 57.3 Å². The first kappa shape index (κ1) is 24.8. The summed E-state index contributed by atoms with van der Waals surface area (Å²) >= 11 is 0. The molecule has 3 aromatic rings. The summed E-state index contributed by atoms with van der Waals surface area (Å²) in [5, 5.41) is 33.8. The van der Waals surface area contributed by atoms with Crippen LogP contribution in [0.1, 0.15) is 61.5 Å². The van der Waals surface area contributed by atoms with Crippen LogP contribution in [0.3, 0.4) is 0 Å². The van der Waals surface area contributed by atoms with Crippen molar-refractivity contribution in [1.29, 1.82) is 0 Å². The van der Waals surface area contributed by atoms with Gasteiger partial charge in [-0.15, -0.1) is 0 Å². The second kappa shape index (κ2) is 10.1. The van der Waals surface area contributed by atoms with Gasteiger partial charge in [0, 0.05) is 12.5 Å². The molecule has 0 spiro atoms. The summed E-state index contributed by atoms with van der Waals surface area (Å²) in [4.78, 5) is 12.3. The minimum atomic E-state index is -1.14. The number of fused-ring (bicyclic) bond motifs is 3. The highest BCUT2D eigenvalue weighted by Gasteiger charge is 2.29. The molecule has 35 heavy (non-hydrogen) atoms. The first-order chi connectivity index (χ1) is 16.7. The topological polar surface area (TPSA) is 99.0 Å². The number of benzene rings is 3. The number of phenols is 1. The molecule has 184 valence electrons. The van der Waals surface area contributed by atoms with E-state index in [-0.39, 0.29) is 36.7 Å². The van der Waals surface area contributed by atoms with Gasteiger partial charge in [0.15, 0.2) is 0 Å². The molecule has 0 heterocycles. The van der Waals surface area contributed by atoms with Crippen molar-refractivity contribution in [2.24, 2.45) is 0 Å². The average molecular weight is 476 g/mol. The molecule has 4 rings (SSSR count). The summed E-state index contributed by atoms with van der Waals surface area (Å²) in [5.74, 6) is 0.131. The van der Waals surface area contributed by atoms with Crippen molar-refractivity contribution in [2.45, 2.75) is 50.7 Å². The number of hydrogen-bond acceptors (Lipinski definition) is 5. The van der Waals surface area contributed by atoms with Crippen LogP contribution in [0.15, 0.2) is 66.7 Å². The zero-order valence-electron chi connectivity index (χ0n) is 20.4. The zero-order valence-corrected chi connectivity index (χ0v) is 20.4. The van der Waals surface area contributed by atoms with E-state index in [1.54, 1.807) is 12.1 Å². The number of nitrogens with one attached hydrogen (secondary N) is 1. The zero-order chi connectivity index (χ0) is 25.2. The lowest BCUT2D eigenvalue weighted by Crippen LogP contribution is -2.30. The van der Waals surface area contributed by atoms with Crippen LogP contribution in [-0.2, 0) is 10.2 Å². The average Bonchev–Trinajstić information content (AvgIpc) is 3.15. The van der Waals surface area contributed by atoms with Crippen LogP contribution < -0.4 is 5.32 Å². The van der Waals surface area contributed by atoms with Gasteiger partial charge in [0.2, 0.25) is 0 Å². The van der Waals surface area contributed by atoms with E-state index in [2.05, 4.69) is 29.6 Å². The lowest BCUT2D eigenvalue weighted by Gasteiger charge is -2.24. The van der Waals surface area contributed by atoms with E-state index in [4.69, 9.17) is 4.74 Å². The summed E-state index contributed by atoms with van der Waals surface area (Å²) in [5.41, 5.74) is 5.51. The number of carbonyl (C=O) groups excluding carboxylic acids is 1. The summed E-state index contributed by atoms with van der Waals surface area (Å²) < 4.78 is 5.51. The van der Waals surface area contributed by atoms with Crippen LogP contribution in [0.25, 0.3) is 11.1 Å². The molecule has 6 heteroatoms. The molecule has 0 aromatic heterocycles. The predicted octanol–water partition coefficient (Wildman–Crippen LogP) is 5.01. The molecule has 0 aliphatic heterocycles. The standard InChI is InChI=1S/C29H33NO5/c1-29(2,3)24-16-18(12-13-25(24)31)27(33)26(32)14-15-30-28(34)35-17-23-21-10-6-4-8-19(21)20-9-5-7-11-22(20)23/h4-13,16,23,26-27,31-33H,14-15,17H2,1-3H3,(H,30,34). The van der Waals surface area contributed by atoms with Crippen molar-refractivity contribution < 1.29 is 24.9 Å². The Morgan fingerprint density at radius 3 is 2.17 bits per heavy atom. The smallest absolute Gasteiger partial charge is 0.407 e. The second-order valence-corrected chi connectivity index (χ2v) is 10.1. The van der Waals surface area contributed by atoms with Crippen molar-refractivity contribution in [3.8, 4) is 16.9 Å². The van der Waals surface area contributed by atoms with Crippen molar-refractivity contribution in [3.05, 3.63) is 89.0 Å². The van der Waals surface area contributed by atoms with Gasteiger partial charge in [-0.3, -0.25) is 0 Å². The van der Waals surface area contributed by atoms with Gasteiger partial charge in [0.05, 0.1) is 6.10 Å². The van der Waals surface area contributed by atoms with Crippen LogP contribution >= 0.6 is 0 Å². The molecule has 0 saturated heterocycles. The Morgan fingerprint density at radius 2 is 1.57 bits per heavy atom. The van der Waals surface area contributed by atoms with Gasteiger partial charge in [0.1, 0.15) is 18.5 Å².